The van der Waals surface area contributed by atoms with Crippen molar-refractivity contribution in [2.24, 2.45) is 0 Å². The molecule has 14 heavy (non-hydrogen) atoms. The first-order chi connectivity index (χ1) is 6.83. The number of aryl methyl sites for hydroxylation is 1. The van der Waals surface area contributed by atoms with Crippen LogP contribution in [-0.2, 0) is 11.2 Å². The van der Waals surface area contributed by atoms with E-state index in [1.54, 1.807) is 0 Å². The van der Waals surface area contributed by atoms with Gasteiger partial charge in [0, 0.05) is 11.8 Å². The number of carbonyl (C=O) groups is 1. The third-order valence-electron chi connectivity index (χ3n) is 2.26. The molecule has 0 aliphatic carbocycles. The summed E-state index contributed by atoms with van der Waals surface area (Å²) in [6, 6.07) is 7.72. The van der Waals surface area contributed by atoms with Gasteiger partial charge >= 0.3 is 0 Å². The second kappa shape index (κ2) is 3.54. The second-order valence-electron chi connectivity index (χ2n) is 3.15. The lowest BCUT2D eigenvalue weighted by Gasteiger charge is -2.04. The Hall–Kier alpha value is -1.77. The lowest BCUT2D eigenvalue weighted by molar-refractivity contribution is -0.107. The van der Waals surface area contributed by atoms with Gasteiger partial charge in [-0.05, 0) is 18.6 Å². The molecule has 1 aromatic carbocycles. The van der Waals surface area contributed by atoms with Crippen LogP contribution >= 0.6 is 0 Å². The minimum atomic E-state index is 0.405. The third-order valence-corrected chi connectivity index (χ3v) is 2.26. The first kappa shape index (κ1) is 8.81. The molecule has 1 heterocycles. The Morgan fingerprint density at radius 3 is 2.86 bits per heavy atom. The molecule has 0 saturated heterocycles. The Morgan fingerprint density at radius 2 is 2.07 bits per heavy atom. The summed E-state index contributed by atoms with van der Waals surface area (Å²) < 4.78 is 0. The zero-order valence-electron chi connectivity index (χ0n) is 7.90. The van der Waals surface area contributed by atoms with Crippen molar-refractivity contribution in [1.29, 1.82) is 0 Å². The van der Waals surface area contributed by atoms with E-state index in [-0.39, 0.29) is 0 Å². The normalized spacial score (nSPS) is 10.4. The molecule has 0 radical (unpaired) electrons. The van der Waals surface area contributed by atoms with E-state index in [1.807, 2.05) is 31.2 Å². The molecule has 0 fully saturated rings. The van der Waals surface area contributed by atoms with E-state index >= 15 is 0 Å². The number of nitrogens with zero attached hydrogens (tertiary/aromatic N) is 2. The maximum absolute atomic E-state index is 10.5. The summed E-state index contributed by atoms with van der Waals surface area (Å²) in [6.07, 6.45) is 1.30. The highest BCUT2D eigenvalue weighted by Crippen LogP contribution is 2.17. The molecule has 70 valence electrons. The molecule has 0 saturated carbocycles. The van der Waals surface area contributed by atoms with Crippen molar-refractivity contribution >= 4 is 17.2 Å². The van der Waals surface area contributed by atoms with Crippen molar-refractivity contribution in [3.8, 4) is 0 Å². The van der Waals surface area contributed by atoms with E-state index < -0.39 is 0 Å². The highest BCUT2D eigenvalue weighted by molar-refractivity contribution is 5.84. The Morgan fingerprint density at radius 1 is 1.29 bits per heavy atom. The highest BCUT2D eigenvalue weighted by Gasteiger charge is 2.05. The Labute approximate surface area is 81.8 Å². The van der Waals surface area contributed by atoms with E-state index in [1.165, 1.54) is 0 Å². The number of carbonyl (C=O) groups excluding carboxylic acids is 1. The van der Waals surface area contributed by atoms with Gasteiger partial charge in [0.05, 0.1) is 11.2 Å². The van der Waals surface area contributed by atoms with Crippen molar-refractivity contribution in [2.75, 3.05) is 0 Å². The zero-order valence-corrected chi connectivity index (χ0v) is 7.90. The van der Waals surface area contributed by atoms with E-state index in [4.69, 9.17) is 0 Å². The quantitative estimate of drug-likeness (QED) is 0.670. The fourth-order valence-electron chi connectivity index (χ4n) is 1.54. The average Bonchev–Trinajstić information content (AvgIpc) is 2.23. The van der Waals surface area contributed by atoms with Crippen LogP contribution in [0.4, 0.5) is 0 Å². The molecule has 3 nitrogen and oxygen atoms in total. The lowest BCUT2D eigenvalue weighted by Crippen LogP contribution is -1.98. The van der Waals surface area contributed by atoms with Gasteiger partial charge in [0.1, 0.15) is 6.29 Å². The van der Waals surface area contributed by atoms with Crippen LogP contribution in [0.3, 0.4) is 0 Å². The Balaban J connectivity index is 2.75. The number of hydrogen-bond donors (Lipinski definition) is 0. The number of aromatic nitrogens is 2. The predicted octanol–water partition coefficient (Wildman–Crippen LogP) is 1.68. The van der Waals surface area contributed by atoms with Crippen LogP contribution in [0.1, 0.15) is 11.3 Å². The van der Waals surface area contributed by atoms with Gasteiger partial charge in [-0.2, -0.15) is 10.2 Å². The summed E-state index contributed by atoms with van der Waals surface area (Å²) in [5.41, 5.74) is 2.65. The van der Waals surface area contributed by atoms with Crippen LogP contribution in [-0.4, -0.2) is 16.5 Å². The predicted molar refractivity (Wildman–Crippen MR) is 54.0 cm³/mol. The topological polar surface area (TPSA) is 42.9 Å². The molecule has 0 aliphatic rings. The Kier molecular flexibility index (Phi) is 2.23. The lowest BCUT2D eigenvalue weighted by atomic mass is 10.1. The fourth-order valence-corrected chi connectivity index (χ4v) is 1.54. The number of aldehydes is 1. The molecular weight excluding hydrogens is 176 g/mol. The van der Waals surface area contributed by atoms with Gasteiger partial charge < -0.3 is 4.79 Å². The van der Waals surface area contributed by atoms with Crippen LogP contribution in [0.25, 0.3) is 10.9 Å². The van der Waals surface area contributed by atoms with Gasteiger partial charge in [-0.3, -0.25) is 0 Å². The Bertz CT molecular complexity index is 480. The standard InChI is InChI=1S/C11H10N2O/c1-8-9(6-7-14)10-4-2-3-5-11(10)13-12-8/h2-5,7H,6H2,1H3. The molecule has 0 amide bonds. The number of hydrogen-bond acceptors (Lipinski definition) is 3. The minimum absolute atomic E-state index is 0.405. The van der Waals surface area contributed by atoms with Crippen molar-refractivity contribution in [3.05, 3.63) is 35.5 Å². The molecule has 2 rings (SSSR count). The number of benzene rings is 1. The molecular formula is C11H10N2O. The van der Waals surface area contributed by atoms with E-state index in [0.717, 1.165) is 28.4 Å². The first-order valence-electron chi connectivity index (χ1n) is 4.47. The summed E-state index contributed by atoms with van der Waals surface area (Å²) in [4.78, 5) is 10.5. The third kappa shape index (κ3) is 1.37. The van der Waals surface area contributed by atoms with Crippen molar-refractivity contribution in [2.45, 2.75) is 13.3 Å². The van der Waals surface area contributed by atoms with Gasteiger partial charge in [-0.1, -0.05) is 18.2 Å². The molecule has 0 N–H and O–H groups in total. The number of fused-ring (bicyclic) bond motifs is 1. The molecule has 0 atom stereocenters. The molecule has 0 aliphatic heterocycles. The van der Waals surface area contributed by atoms with Crippen LogP contribution in [0, 0.1) is 6.92 Å². The largest absolute Gasteiger partial charge is 0.303 e. The van der Waals surface area contributed by atoms with Crippen molar-refractivity contribution in [3.63, 3.8) is 0 Å². The average molecular weight is 186 g/mol. The summed E-state index contributed by atoms with van der Waals surface area (Å²) in [7, 11) is 0. The SMILES string of the molecule is Cc1nnc2ccccc2c1CC=O. The van der Waals surface area contributed by atoms with Gasteiger partial charge in [0.2, 0.25) is 0 Å². The van der Waals surface area contributed by atoms with Gasteiger partial charge in [0.25, 0.3) is 0 Å². The minimum Gasteiger partial charge on any atom is -0.303 e. The van der Waals surface area contributed by atoms with Crippen LogP contribution in [0.15, 0.2) is 24.3 Å². The molecule has 0 bridgehead atoms. The monoisotopic (exact) mass is 186 g/mol. The molecule has 1 aromatic heterocycles. The fraction of sp³-hybridized carbons (Fsp3) is 0.182. The summed E-state index contributed by atoms with van der Waals surface area (Å²) in [5, 5.41) is 9.10. The summed E-state index contributed by atoms with van der Waals surface area (Å²) >= 11 is 0. The number of rotatable bonds is 2. The van der Waals surface area contributed by atoms with E-state index in [9.17, 15) is 4.79 Å². The molecule has 0 spiro atoms. The first-order valence-corrected chi connectivity index (χ1v) is 4.47. The van der Waals surface area contributed by atoms with Crippen molar-refractivity contribution in [1.82, 2.24) is 10.2 Å². The molecule has 2 aromatic rings. The highest BCUT2D eigenvalue weighted by atomic mass is 16.1. The van der Waals surface area contributed by atoms with Crippen molar-refractivity contribution < 1.29 is 4.79 Å². The maximum atomic E-state index is 10.5. The molecule has 3 heteroatoms. The summed E-state index contributed by atoms with van der Waals surface area (Å²) in [6.45, 7) is 1.87. The van der Waals surface area contributed by atoms with E-state index in [2.05, 4.69) is 10.2 Å². The van der Waals surface area contributed by atoms with Gasteiger partial charge in [-0.25, -0.2) is 0 Å². The van der Waals surface area contributed by atoms with Crippen LogP contribution in [0.5, 0.6) is 0 Å². The summed E-state index contributed by atoms with van der Waals surface area (Å²) in [5.74, 6) is 0. The smallest absolute Gasteiger partial charge is 0.124 e. The van der Waals surface area contributed by atoms with E-state index in [0.29, 0.717) is 6.42 Å². The van der Waals surface area contributed by atoms with Gasteiger partial charge in [0.15, 0.2) is 0 Å². The molecule has 0 unspecified atom stereocenters. The van der Waals surface area contributed by atoms with Crippen LogP contribution in [0.2, 0.25) is 0 Å². The van der Waals surface area contributed by atoms with Gasteiger partial charge in [-0.15, -0.1) is 0 Å². The second-order valence-corrected chi connectivity index (χ2v) is 3.15. The maximum Gasteiger partial charge on any atom is 0.124 e. The zero-order chi connectivity index (χ0) is 9.97. The van der Waals surface area contributed by atoms with Crippen LogP contribution < -0.4 is 0 Å².